The molecule has 4 aliphatic rings. The molecule has 0 aliphatic heterocycles. The molecule has 0 bridgehead atoms. The molecule has 10 nitrogen and oxygen atoms in total. The number of allylic oxidation sites excluding steroid dienone is 3. The van der Waals surface area contributed by atoms with Gasteiger partial charge in [-0.2, -0.15) is 0 Å². The Morgan fingerprint density at radius 3 is 2.13 bits per heavy atom. The third-order valence-corrected chi connectivity index (χ3v) is 17.6. The molecule has 3 fully saturated rings. The minimum Gasteiger partial charge on any atom is -0.462 e. The molecule has 1 N–H and O–H groups in total. The van der Waals surface area contributed by atoms with Crippen molar-refractivity contribution >= 4 is 26.5 Å². The van der Waals surface area contributed by atoms with Gasteiger partial charge in [-0.05, 0) is 123 Å². The molecule has 0 saturated heterocycles. The topological polar surface area (TPSA) is 118 Å². The van der Waals surface area contributed by atoms with Crippen LogP contribution in [0.3, 0.4) is 0 Å². The van der Waals surface area contributed by atoms with Gasteiger partial charge in [0.05, 0.1) is 40.6 Å². The van der Waals surface area contributed by atoms with Gasteiger partial charge in [-0.3, -0.25) is 14.4 Å². The second-order valence-corrected chi connectivity index (χ2v) is 24.6. The first kappa shape index (κ1) is 58.7. The summed E-state index contributed by atoms with van der Waals surface area (Å²) < 4.78 is 28.9. The van der Waals surface area contributed by atoms with Gasteiger partial charge in [0.15, 0.2) is 6.10 Å². The number of quaternary nitrogens is 1. The molecular formula is C57H101NO9P+. The Morgan fingerprint density at radius 1 is 0.765 bits per heavy atom. The first-order valence-corrected chi connectivity index (χ1v) is 29.0. The van der Waals surface area contributed by atoms with Crippen molar-refractivity contribution in [2.45, 2.75) is 227 Å². The van der Waals surface area contributed by atoms with Crippen LogP contribution in [0.4, 0.5) is 0 Å². The lowest BCUT2D eigenvalue weighted by Crippen LogP contribution is -2.51. The van der Waals surface area contributed by atoms with Crippen molar-refractivity contribution < 1.29 is 47.0 Å². The molecule has 0 aromatic heterocycles. The molecule has 3 saturated carbocycles. The van der Waals surface area contributed by atoms with Crippen LogP contribution in [0.25, 0.3) is 0 Å². The molecule has 0 radical (unpaired) electrons. The number of hydrogen-bond donors (Lipinski definition) is 1. The second kappa shape index (κ2) is 30.3. The Kier molecular flexibility index (Phi) is 26.1. The van der Waals surface area contributed by atoms with Gasteiger partial charge in [0.1, 0.15) is 25.9 Å². The molecule has 0 aromatic rings. The van der Waals surface area contributed by atoms with Gasteiger partial charge < -0.3 is 32.6 Å². The molecule has 11 heteroatoms. The Labute approximate surface area is 416 Å². The highest BCUT2D eigenvalue weighted by atomic mass is 31.2. The Balaban J connectivity index is 1.17. The first-order chi connectivity index (χ1) is 32.4. The highest BCUT2D eigenvalue weighted by Crippen LogP contribution is 2.67. The van der Waals surface area contributed by atoms with E-state index < -0.39 is 26.6 Å². The summed E-state index contributed by atoms with van der Waals surface area (Å²) in [5.74, 6) is 3.31. The lowest BCUT2D eigenvalue weighted by molar-refractivity contribution is -0.870. The first-order valence-electron chi connectivity index (χ1n) is 27.9. The summed E-state index contributed by atoms with van der Waals surface area (Å²) in [6, 6.07) is 0. The molecular weight excluding hydrogens is 874 g/mol. The predicted molar refractivity (Wildman–Crippen MR) is 276 cm³/mol. The summed E-state index contributed by atoms with van der Waals surface area (Å²) in [7, 11) is 3.85. The summed E-state index contributed by atoms with van der Waals surface area (Å²) in [5.41, 5.74) is 2.09. The smallest absolute Gasteiger partial charge is 0.330 e. The number of nitrogens with zero attached hydrogens (tertiary/aromatic N) is 1. The number of rotatable bonds is 34. The molecule has 392 valence electrons. The molecule has 68 heavy (non-hydrogen) atoms. The molecule has 10 atom stereocenters. The Morgan fingerprint density at radius 2 is 1.44 bits per heavy atom. The van der Waals surface area contributed by atoms with E-state index in [4.69, 9.17) is 23.3 Å². The fraction of sp³-hybridized carbons (Fsp3) is 0.877. The summed E-state index contributed by atoms with van der Waals surface area (Å²) in [6.45, 7) is 15.2. The van der Waals surface area contributed by atoms with Gasteiger partial charge in [-0.25, -0.2) is 0 Å². The summed E-state index contributed by atoms with van der Waals surface area (Å²) >= 11 is 0. The zero-order valence-corrected chi connectivity index (χ0v) is 45.8. The fourth-order valence-electron chi connectivity index (χ4n) is 12.7. The van der Waals surface area contributed by atoms with Crippen molar-refractivity contribution in [1.29, 1.82) is 0 Å². The maximum atomic E-state index is 13.2. The predicted octanol–water partition coefficient (Wildman–Crippen LogP) is 14.2. The number of hydrogen-bond acceptors (Lipinski definition) is 9. The van der Waals surface area contributed by atoms with E-state index in [1.54, 1.807) is 0 Å². The molecule has 0 heterocycles. The van der Waals surface area contributed by atoms with Crippen LogP contribution in [0, 0.1) is 46.3 Å². The molecule has 0 amide bonds. The lowest BCUT2D eigenvalue weighted by atomic mass is 9.47. The van der Waals surface area contributed by atoms with Crippen LogP contribution < -0.4 is 0 Å². The summed E-state index contributed by atoms with van der Waals surface area (Å²) in [4.78, 5) is 49.4. The van der Waals surface area contributed by atoms with Gasteiger partial charge in [0.25, 0.3) is 0 Å². The minimum atomic E-state index is -2.22. The third kappa shape index (κ3) is 20.0. The minimum absolute atomic E-state index is 0.0998. The van der Waals surface area contributed by atoms with Crippen LogP contribution in [0.2, 0.25) is 0 Å². The van der Waals surface area contributed by atoms with E-state index in [2.05, 4.69) is 59.8 Å². The number of carbonyl (C=O) groups excluding carboxylic acids is 3. The SMILES string of the molecule is CCCCCCCC/C=C\CCCCCCCC(=O)OC[C@H](COP(O)OCC[N+](C)(C)C)OC(=O)CCC(=O)OC1CCC2(C)C(=CCC3C2CCC2(C)C3CC[C@H]2[C@@H](C)CCCC(C)C)C1. The van der Waals surface area contributed by atoms with Crippen LogP contribution in [-0.4, -0.2) is 87.0 Å². The highest BCUT2D eigenvalue weighted by molar-refractivity contribution is 7.40. The van der Waals surface area contributed by atoms with Crippen LogP contribution in [0.1, 0.15) is 215 Å². The lowest BCUT2D eigenvalue weighted by Gasteiger charge is -2.58. The standard InChI is InChI=1S/C57H101NO9P/c1-10-11-12-13-14-15-16-17-18-19-20-21-22-23-24-28-53(59)63-42-48(43-65-68(62)64-40-39-58(7,8)9)67-55(61)34-33-54(60)66-47-35-37-56(5)46(41-47)29-30-49-51-32-31-50(45(4)27-25-26-44(2)3)57(51,6)38-36-52(49)56/h17-18,29,44-45,47-52,62H,10-16,19-28,30-43H2,1-9H3/q+1/b18-17-/t45-,47?,48+,49?,50-,51?,52?,56?,57?,68?/m0/s1. The zero-order chi connectivity index (χ0) is 49.6. The zero-order valence-electron chi connectivity index (χ0n) is 44.9. The second-order valence-electron chi connectivity index (χ2n) is 23.7. The number of unbranched alkanes of at least 4 members (excludes halogenated alkanes) is 11. The maximum Gasteiger partial charge on any atom is 0.330 e. The summed E-state index contributed by atoms with van der Waals surface area (Å²) in [5, 5.41) is 0. The van der Waals surface area contributed by atoms with Crippen molar-refractivity contribution in [2.24, 2.45) is 46.3 Å². The Hall–Kier alpha value is -1.84. The monoisotopic (exact) mass is 975 g/mol. The van der Waals surface area contributed by atoms with Crippen LogP contribution in [-0.2, 0) is 37.6 Å². The summed E-state index contributed by atoms with van der Waals surface area (Å²) in [6.07, 6.45) is 34.6. The van der Waals surface area contributed by atoms with Gasteiger partial charge in [-0.1, -0.05) is 136 Å². The number of esters is 3. The van der Waals surface area contributed by atoms with E-state index in [1.165, 1.54) is 95.5 Å². The van der Waals surface area contributed by atoms with E-state index in [-0.39, 0.29) is 50.0 Å². The molecule has 0 aromatic carbocycles. The molecule has 4 rings (SSSR count). The van der Waals surface area contributed by atoms with Crippen molar-refractivity contribution in [2.75, 3.05) is 47.5 Å². The quantitative estimate of drug-likeness (QED) is 0.0168. The number of ether oxygens (including phenoxy) is 3. The van der Waals surface area contributed by atoms with Crippen LogP contribution in [0.5, 0.6) is 0 Å². The van der Waals surface area contributed by atoms with E-state index in [0.717, 1.165) is 93.8 Å². The number of likely N-dealkylation sites (N-methyl/N-ethyl adjacent to an activating group) is 1. The van der Waals surface area contributed by atoms with Crippen LogP contribution >= 0.6 is 8.60 Å². The van der Waals surface area contributed by atoms with E-state index in [0.29, 0.717) is 29.0 Å². The highest BCUT2D eigenvalue weighted by Gasteiger charge is 2.59. The molecule has 4 aliphatic carbocycles. The largest absolute Gasteiger partial charge is 0.462 e. The van der Waals surface area contributed by atoms with E-state index in [1.807, 2.05) is 21.1 Å². The van der Waals surface area contributed by atoms with Gasteiger partial charge in [-0.15, -0.1) is 0 Å². The molecule has 7 unspecified atom stereocenters. The van der Waals surface area contributed by atoms with Gasteiger partial charge >= 0.3 is 26.5 Å². The average molecular weight is 975 g/mol. The van der Waals surface area contributed by atoms with E-state index in [9.17, 15) is 19.3 Å². The third-order valence-electron chi connectivity index (χ3n) is 16.8. The normalized spacial score (nSPS) is 27.2. The fourth-order valence-corrected chi connectivity index (χ4v) is 13.3. The van der Waals surface area contributed by atoms with Crippen LogP contribution in [0.15, 0.2) is 23.8 Å². The molecule has 0 spiro atoms. The Bertz CT molecular complexity index is 1540. The number of carbonyl (C=O) groups is 3. The van der Waals surface area contributed by atoms with Gasteiger partial charge in [0.2, 0.25) is 0 Å². The maximum absolute atomic E-state index is 13.2. The van der Waals surface area contributed by atoms with Crippen molar-refractivity contribution in [3.05, 3.63) is 23.8 Å². The van der Waals surface area contributed by atoms with Crippen molar-refractivity contribution in [1.82, 2.24) is 0 Å². The van der Waals surface area contributed by atoms with Crippen molar-refractivity contribution in [3.63, 3.8) is 0 Å². The van der Waals surface area contributed by atoms with Crippen molar-refractivity contribution in [3.8, 4) is 0 Å². The number of fused-ring (bicyclic) bond motifs is 5. The average Bonchev–Trinajstić information content (AvgIpc) is 3.64. The van der Waals surface area contributed by atoms with E-state index >= 15 is 0 Å². The van der Waals surface area contributed by atoms with Gasteiger partial charge in [0, 0.05) is 12.8 Å².